The van der Waals surface area contributed by atoms with Gasteiger partial charge in [-0.05, 0) is 37.6 Å². The van der Waals surface area contributed by atoms with E-state index >= 15 is 0 Å². The third kappa shape index (κ3) is 4.96. The zero-order valence-corrected chi connectivity index (χ0v) is 13.9. The van der Waals surface area contributed by atoms with Gasteiger partial charge in [-0.3, -0.25) is 9.69 Å². The molecule has 2 aliphatic rings. The molecule has 0 radical (unpaired) electrons. The summed E-state index contributed by atoms with van der Waals surface area (Å²) in [5.41, 5.74) is 5.83. The maximum atomic E-state index is 12.4. The Labute approximate surface area is 130 Å². The van der Waals surface area contributed by atoms with E-state index in [0.29, 0.717) is 18.9 Å². The average Bonchev–Trinajstić information content (AvgIpc) is 2.99. The lowest BCUT2D eigenvalue weighted by Gasteiger charge is -2.38. The van der Waals surface area contributed by atoms with Crippen molar-refractivity contribution in [1.29, 1.82) is 0 Å². The fourth-order valence-electron chi connectivity index (χ4n) is 3.73. The summed E-state index contributed by atoms with van der Waals surface area (Å²) in [6.45, 7) is 9.13. The molecule has 1 saturated heterocycles. The molecule has 0 atom stereocenters. The van der Waals surface area contributed by atoms with Crippen molar-refractivity contribution in [3.05, 3.63) is 0 Å². The van der Waals surface area contributed by atoms with Crippen molar-refractivity contribution in [3.63, 3.8) is 0 Å². The van der Waals surface area contributed by atoms with Crippen molar-refractivity contribution >= 4 is 5.91 Å². The molecule has 122 valence electrons. The summed E-state index contributed by atoms with van der Waals surface area (Å²) in [4.78, 5) is 17.0. The van der Waals surface area contributed by atoms with Crippen LogP contribution in [0.1, 0.15) is 58.8 Å². The van der Waals surface area contributed by atoms with Crippen LogP contribution in [0.2, 0.25) is 0 Å². The van der Waals surface area contributed by atoms with Crippen molar-refractivity contribution in [1.82, 2.24) is 9.80 Å². The van der Waals surface area contributed by atoms with Crippen LogP contribution in [0, 0.1) is 5.41 Å². The number of piperazine rings is 1. The van der Waals surface area contributed by atoms with Gasteiger partial charge in [0.05, 0.1) is 0 Å². The van der Waals surface area contributed by atoms with Gasteiger partial charge in [0.2, 0.25) is 5.91 Å². The van der Waals surface area contributed by atoms with Gasteiger partial charge in [-0.2, -0.15) is 0 Å². The molecule has 1 aliphatic carbocycles. The highest BCUT2D eigenvalue weighted by Crippen LogP contribution is 2.27. The summed E-state index contributed by atoms with van der Waals surface area (Å²) in [6, 6.07) is 0.797. The number of nitrogens with zero attached hydrogens (tertiary/aromatic N) is 2. The number of carbonyl (C=O) groups is 1. The molecule has 0 aromatic rings. The predicted molar refractivity (Wildman–Crippen MR) is 87.1 cm³/mol. The van der Waals surface area contributed by atoms with Crippen molar-refractivity contribution in [2.75, 3.05) is 32.7 Å². The van der Waals surface area contributed by atoms with Crippen molar-refractivity contribution in [2.24, 2.45) is 11.1 Å². The second-order valence-corrected chi connectivity index (χ2v) is 7.56. The summed E-state index contributed by atoms with van der Waals surface area (Å²) < 4.78 is 0. The second kappa shape index (κ2) is 7.59. The summed E-state index contributed by atoms with van der Waals surface area (Å²) >= 11 is 0. The van der Waals surface area contributed by atoms with E-state index in [2.05, 4.69) is 23.6 Å². The molecule has 0 spiro atoms. The first-order valence-electron chi connectivity index (χ1n) is 8.74. The molecule has 0 aromatic heterocycles. The Bertz CT molecular complexity index is 329. The molecule has 0 bridgehead atoms. The Morgan fingerprint density at radius 2 is 1.71 bits per heavy atom. The molecule has 1 saturated carbocycles. The van der Waals surface area contributed by atoms with Crippen LogP contribution in [-0.2, 0) is 4.79 Å². The fraction of sp³-hybridized carbons (Fsp3) is 0.941. The third-order valence-corrected chi connectivity index (χ3v) is 5.34. The summed E-state index contributed by atoms with van der Waals surface area (Å²) in [5.74, 6) is 0.339. The van der Waals surface area contributed by atoms with E-state index in [-0.39, 0.29) is 5.41 Å². The van der Waals surface area contributed by atoms with Gasteiger partial charge in [0, 0.05) is 38.6 Å². The normalized spacial score (nSPS) is 22.0. The van der Waals surface area contributed by atoms with E-state index in [4.69, 9.17) is 5.73 Å². The Kier molecular flexibility index (Phi) is 6.06. The Balaban J connectivity index is 1.70. The lowest BCUT2D eigenvalue weighted by Crippen LogP contribution is -2.51. The molecule has 1 aliphatic heterocycles. The van der Waals surface area contributed by atoms with Crippen LogP contribution in [0.4, 0.5) is 0 Å². The summed E-state index contributed by atoms with van der Waals surface area (Å²) in [5, 5.41) is 0. The molecule has 4 nitrogen and oxygen atoms in total. The van der Waals surface area contributed by atoms with Crippen LogP contribution in [-0.4, -0.2) is 54.5 Å². The van der Waals surface area contributed by atoms with E-state index in [1.807, 2.05) is 0 Å². The van der Waals surface area contributed by atoms with Crippen LogP contribution in [0.25, 0.3) is 0 Å². The highest BCUT2D eigenvalue weighted by Gasteiger charge is 2.28. The van der Waals surface area contributed by atoms with Gasteiger partial charge < -0.3 is 10.6 Å². The zero-order valence-electron chi connectivity index (χ0n) is 13.9. The lowest BCUT2D eigenvalue weighted by atomic mass is 9.84. The zero-order chi connectivity index (χ0) is 15.3. The number of carbonyl (C=O) groups excluding carboxylic acids is 1. The maximum absolute atomic E-state index is 12.4. The number of rotatable bonds is 6. The quantitative estimate of drug-likeness (QED) is 0.817. The molecular formula is C17H33N3O. The molecule has 2 rings (SSSR count). The first kappa shape index (κ1) is 16.8. The second-order valence-electron chi connectivity index (χ2n) is 7.56. The lowest BCUT2D eigenvalue weighted by molar-refractivity contribution is -0.133. The van der Waals surface area contributed by atoms with Gasteiger partial charge >= 0.3 is 0 Å². The van der Waals surface area contributed by atoms with Gasteiger partial charge in [0.25, 0.3) is 0 Å². The van der Waals surface area contributed by atoms with Crippen LogP contribution in [0.5, 0.6) is 0 Å². The minimum Gasteiger partial charge on any atom is -0.340 e. The topological polar surface area (TPSA) is 49.6 Å². The Hall–Kier alpha value is -0.610. The van der Waals surface area contributed by atoms with Crippen molar-refractivity contribution < 1.29 is 4.79 Å². The van der Waals surface area contributed by atoms with Gasteiger partial charge in [-0.1, -0.05) is 26.7 Å². The molecule has 21 heavy (non-hydrogen) atoms. The number of hydrogen-bond acceptors (Lipinski definition) is 3. The van der Waals surface area contributed by atoms with E-state index in [0.717, 1.165) is 45.1 Å². The average molecular weight is 295 g/mol. The minimum atomic E-state index is 0.191. The van der Waals surface area contributed by atoms with Crippen LogP contribution < -0.4 is 5.73 Å². The summed E-state index contributed by atoms with van der Waals surface area (Å²) in [6.07, 6.45) is 8.13. The molecule has 2 N–H and O–H groups in total. The van der Waals surface area contributed by atoms with E-state index < -0.39 is 0 Å². The van der Waals surface area contributed by atoms with Gasteiger partial charge in [0.1, 0.15) is 0 Å². The SMILES string of the molecule is CC(C)(CCN)CCC(=O)N1CCN(C2CCCC2)CC1. The maximum Gasteiger partial charge on any atom is 0.222 e. The molecule has 0 unspecified atom stereocenters. The number of hydrogen-bond donors (Lipinski definition) is 1. The van der Waals surface area contributed by atoms with Crippen LogP contribution in [0.15, 0.2) is 0 Å². The monoisotopic (exact) mass is 295 g/mol. The van der Waals surface area contributed by atoms with E-state index in [1.54, 1.807) is 0 Å². The van der Waals surface area contributed by atoms with Crippen molar-refractivity contribution in [2.45, 2.75) is 64.8 Å². The summed E-state index contributed by atoms with van der Waals surface area (Å²) in [7, 11) is 0. The smallest absolute Gasteiger partial charge is 0.222 e. The molecule has 0 aromatic carbocycles. The van der Waals surface area contributed by atoms with E-state index in [9.17, 15) is 4.79 Å². The van der Waals surface area contributed by atoms with E-state index in [1.165, 1.54) is 25.7 Å². The molecule has 2 fully saturated rings. The standard InChI is InChI=1S/C17H33N3O/c1-17(2,9-10-18)8-7-16(21)20-13-11-19(12-14-20)15-5-3-4-6-15/h15H,3-14,18H2,1-2H3. The predicted octanol–water partition coefficient (Wildman–Crippen LogP) is 2.23. The molecule has 1 amide bonds. The van der Waals surface area contributed by atoms with Crippen LogP contribution >= 0.6 is 0 Å². The Morgan fingerprint density at radius 3 is 2.29 bits per heavy atom. The first-order valence-corrected chi connectivity index (χ1v) is 8.74. The minimum absolute atomic E-state index is 0.191. The highest BCUT2D eigenvalue weighted by molar-refractivity contribution is 5.76. The third-order valence-electron chi connectivity index (χ3n) is 5.34. The largest absolute Gasteiger partial charge is 0.340 e. The molecule has 4 heteroatoms. The van der Waals surface area contributed by atoms with Gasteiger partial charge in [-0.15, -0.1) is 0 Å². The molecule has 1 heterocycles. The first-order chi connectivity index (χ1) is 10.0. The van der Waals surface area contributed by atoms with Crippen LogP contribution in [0.3, 0.4) is 0 Å². The number of nitrogens with two attached hydrogens (primary N) is 1. The Morgan fingerprint density at radius 1 is 1.10 bits per heavy atom. The fourth-order valence-corrected chi connectivity index (χ4v) is 3.73. The van der Waals surface area contributed by atoms with Gasteiger partial charge in [-0.25, -0.2) is 0 Å². The van der Waals surface area contributed by atoms with Crippen molar-refractivity contribution in [3.8, 4) is 0 Å². The highest BCUT2D eigenvalue weighted by atomic mass is 16.2. The van der Waals surface area contributed by atoms with Gasteiger partial charge in [0.15, 0.2) is 0 Å². The number of amides is 1. The molecular weight excluding hydrogens is 262 g/mol.